The van der Waals surface area contributed by atoms with Crippen molar-refractivity contribution in [1.82, 2.24) is 0 Å². The number of aryl methyl sites for hydroxylation is 1. The number of carbonyl (C=O) groups excluding carboxylic acids is 1. The minimum absolute atomic E-state index is 0.0774. The van der Waals surface area contributed by atoms with Crippen molar-refractivity contribution in [3.05, 3.63) is 54.0 Å². The Labute approximate surface area is 122 Å². The van der Waals surface area contributed by atoms with Crippen LogP contribution in [0, 0.1) is 18.8 Å². The minimum Gasteiger partial charge on any atom is -0.457 e. The molecule has 2 rings (SSSR count). The van der Waals surface area contributed by atoms with Crippen molar-refractivity contribution in [3.63, 3.8) is 0 Å². The molecule has 0 atom stereocenters. The second kappa shape index (κ2) is 7.46. The van der Waals surface area contributed by atoms with Gasteiger partial charge in [0.1, 0.15) is 0 Å². The zero-order valence-corrected chi connectivity index (χ0v) is 11.9. The topological polar surface area (TPSA) is 39.4 Å². The van der Waals surface area contributed by atoms with Crippen molar-refractivity contribution in [2.45, 2.75) is 11.8 Å². The van der Waals surface area contributed by atoms with Crippen LogP contribution in [0.1, 0.15) is 16.1 Å². The van der Waals surface area contributed by atoms with Crippen LogP contribution < -0.4 is 0 Å². The van der Waals surface area contributed by atoms with Gasteiger partial charge in [0.25, 0.3) is 0 Å². The van der Waals surface area contributed by atoms with Crippen molar-refractivity contribution in [3.8, 4) is 11.8 Å². The van der Waals surface area contributed by atoms with Gasteiger partial charge in [-0.2, -0.15) is 0 Å². The quantitative estimate of drug-likeness (QED) is 0.489. The predicted octanol–water partition coefficient (Wildman–Crippen LogP) is 3.54. The summed E-state index contributed by atoms with van der Waals surface area (Å²) in [5.74, 6) is 6.13. The van der Waals surface area contributed by atoms with Crippen LogP contribution in [0.4, 0.5) is 0 Å². The first-order valence-corrected chi connectivity index (χ1v) is 7.10. The molecular formula is C16H14O3S. The summed E-state index contributed by atoms with van der Waals surface area (Å²) in [5, 5.41) is 0. The van der Waals surface area contributed by atoms with Gasteiger partial charge in [-0.05, 0) is 31.2 Å². The summed E-state index contributed by atoms with van der Waals surface area (Å²) in [7, 11) is 0. The molecule has 0 saturated carbocycles. The fraction of sp³-hybridized carbons (Fsp3) is 0.188. The summed E-state index contributed by atoms with van der Waals surface area (Å²) < 4.78 is 9.85. The minimum atomic E-state index is -0.490. The molecule has 0 spiro atoms. The van der Waals surface area contributed by atoms with Gasteiger partial charge in [-0.15, -0.1) is 11.8 Å². The van der Waals surface area contributed by atoms with Crippen LogP contribution >= 0.6 is 11.8 Å². The van der Waals surface area contributed by atoms with Gasteiger partial charge in [-0.1, -0.05) is 29.5 Å². The van der Waals surface area contributed by atoms with Gasteiger partial charge in [0, 0.05) is 4.90 Å². The number of hydrogen-bond donors (Lipinski definition) is 0. The molecule has 0 saturated heterocycles. The van der Waals surface area contributed by atoms with Crippen LogP contribution in [-0.4, -0.2) is 18.3 Å². The van der Waals surface area contributed by atoms with E-state index in [-0.39, 0.29) is 12.4 Å². The number of carbonyl (C=O) groups is 1. The summed E-state index contributed by atoms with van der Waals surface area (Å²) in [5.41, 5.74) is 1.24. The van der Waals surface area contributed by atoms with E-state index in [0.717, 1.165) is 0 Å². The molecule has 0 radical (unpaired) electrons. The first kappa shape index (κ1) is 14.3. The third-order valence-corrected chi connectivity index (χ3v) is 3.35. The Kier molecular flexibility index (Phi) is 5.33. The van der Waals surface area contributed by atoms with E-state index in [1.165, 1.54) is 16.7 Å². The van der Waals surface area contributed by atoms with E-state index in [1.54, 1.807) is 23.9 Å². The van der Waals surface area contributed by atoms with Crippen molar-refractivity contribution in [1.29, 1.82) is 0 Å². The fourth-order valence-electron chi connectivity index (χ4n) is 1.42. The first-order chi connectivity index (χ1) is 9.75. The van der Waals surface area contributed by atoms with Gasteiger partial charge in [-0.25, -0.2) is 4.79 Å². The Balaban J connectivity index is 1.68. The third kappa shape index (κ3) is 4.52. The summed E-state index contributed by atoms with van der Waals surface area (Å²) in [6.45, 7) is 2.13. The van der Waals surface area contributed by atoms with E-state index in [0.29, 0.717) is 5.75 Å². The van der Waals surface area contributed by atoms with Gasteiger partial charge >= 0.3 is 5.97 Å². The fourth-order valence-corrected chi connectivity index (χ4v) is 2.09. The van der Waals surface area contributed by atoms with Crippen LogP contribution in [0.3, 0.4) is 0 Å². The van der Waals surface area contributed by atoms with E-state index < -0.39 is 5.97 Å². The van der Waals surface area contributed by atoms with E-state index >= 15 is 0 Å². The van der Waals surface area contributed by atoms with Gasteiger partial charge < -0.3 is 9.15 Å². The van der Waals surface area contributed by atoms with Gasteiger partial charge in [-0.3, -0.25) is 0 Å². The molecule has 0 aliphatic carbocycles. The average molecular weight is 286 g/mol. The highest BCUT2D eigenvalue weighted by Gasteiger charge is 2.07. The molecule has 1 aromatic carbocycles. The smallest absolute Gasteiger partial charge is 0.375 e. The average Bonchev–Trinajstić information content (AvgIpc) is 2.98. The summed E-state index contributed by atoms with van der Waals surface area (Å²) in [6.07, 6.45) is 1.43. The summed E-state index contributed by atoms with van der Waals surface area (Å²) >= 11 is 1.65. The molecule has 4 heteroatoms. The third-order valence-electron chi connectivity index (χ3n) is 2.45. The normalized spacial score (nSPS) is 9.65. The maximum Gasteiger partial charge on any atom is 0.375 e. The SMILES string of the molecule is Cc1ccc(SCC#CCOC(=O)c2ccco2)cc1. The Hall–Kier alpha value is -2.12. The lowest BCUT2D eigenvalue weighted by Gasteiger charge is -1.97. The Morgan fingerprint density at radius 2 is 2.05 bits per heavy atom. The number of hydrogen-bond acceptors (Lipinski definition) is 4. The van der Waals surface area contributed by atoms with Crippen molar-refractivity contribution in [2.75, 3.05) is 12.4 Å². The maximum atomic E-state index is 11.4. The number of benzene rings is 1. The molecular weight excluding hydrogens is 272 g/mol. The Bertz CT molecular complexity index is 603. The van der Waals surface area contributed by atoms with Crippen LogP contribution in [0.5, 0.6) is 0 Å². The van der Waals surface area contributed by atoms with E-state index in [4.69, 9.17) is 9.15 Å². The molecule has 102 valence electrons. The molecule has 0 aliphatic heterocycles. The molecule has 20 heavy (non-hydrogen) atoms. The molecule has 2 aromatic rings. The van der Waals surface area contributed by atoms with Crippen LogP contribution in [0.25, 0.3) is 0 Å². The molecule has 0 fully saturated rings. The molecule has 0 aliphatic rings. The standard InChI is InChI=1S/C16H14O3S/c1-13-6-8-14(9-7-13)20-12-3-2-10-19-16(17)15-5-4-11-18-15/h4-9,11H,10,12H2,1H3. The highest BCUT2D eigenvalue weighted by atomic mass is 32.2. The first-order valence-electron chi connectivity index (χ1n) is 6.11. The number of furan rings is 1. The number of thioether (sulfide) groups is 1. The second-order valence-corrected chi connectivity index (χ2v) is 5.06. The number of esters is 1. The van der Waals surface area contributed by atoms with Crippen molar-refractivity contribution >= 4 is 17.7 Å². The lowest BCUT2D eigenvalue weighted by atomic mass is 10.2. The van der Waals surface area contributed by atoms with Gasteiger partial charge in [0.05, 0.1) is 12.0 Å². The monoisotopic (exact) mass is 286 g/mol. The van der Waals surface area contributed by atoms with Crippen LogP contribution in [-0.2, 0) is 4.74 Å². The molecule has 0 bridgehead atoms. The highest BCUT2D eigenvalue weighted by molar-refractivity contribution is 7.99. The van der Waals surface area contributed by atoms with Crippen LogP contribution in [0.15, 0.2) is 52.0 Å². The van der Waals surface area contributed by atoms with E-state index in [2.05, 4.69) is 43.0 Å². The van der Waals surface area contributed by atoms with Crippen molar-refractivity contribution < 1.29 is 13.9 Å². The summed E-state index contributed by atoms with van der Waals surface area (Å²) in [4.78, 5) is 12.6. The molecule has 1 aromatic heterocycles. The maximum absolute atomic E-state index is 11.4. The number of ether oxygens (including phenoxy) is 1. The lowest BCUT2D eigenvalue weighted by molar-refractivity contribution is 0.0520. The Morgan fingerprint density at radius 1 is 1.25 bits per heavy atom. The summed E-state index contributed by atoms with van der Waals surface area (Å²) in [6, 6.07) is 11.5. The zero-order chi connectivity index (χ0) is 14.2. The van der Waals surface area contributed by atoms with Crippen LogP contribution in [0.2, 0.25) is 0 Å². The zero-order valence-electron chi connectivity index (χ0n) is 11.1. The molecule has 1 heterocycles. The molecule has 0 unspecified atom stereocenters. The highest BCUT2D eigenvalue weighted by Crippen LogP contribution is 2.17. The lowest BCUT2D eigenvalue weighted by Crippen LogP contribution is -2.03. The van der Waals surface area contributed by atoms with Gasteiger partial charge in [0.2, 0.25) is 5.76 Å². The second-order valence-electron chi connectivity index (χ2n) is 4.01. The Morgan fingerprint density at radius 3 is 2.75 bits per heavy atom. The van der Waals surface area contributed by atoms with E-state index in [1.807, 2.05) is 0 Å². The number of rotatable bonds is 4. The van der Waals surface area contributed by atoms with Gasteiger partial charge in [0.15, 0.2) is 6.61 Å². The predicted molar refractivity (Wildman–Crippen MR) is 78.7 cm³/mol. The largest absolute Gasteiger partial charge is 0.457 e. The molecule has 3 nitrogen and oxygen atoms in total. The molecule has 0 N–H and O–H groups in total. The molecule has 0 amide bonds. The van der Waals surface area contributed by atoms with E-state index in [9.17, 15) is 4.79 Å². The van der Waals surface area contributed by atoms with Crippen molar-refractivity contribution in [2.24, 2.45) is 0 Å².